The molecule has 0 bridgehead atoms. The number of carbonyl (C=O) groups excluding carboxylic acids is 1. The van der Waals surface area contributed by atoms with Gasteiger partial charge in [-0.15, -0.1) is 0 Å². The highest BCUT2D eigenvalue weighted by Gasteiger charge is 2.20. The van der Waals surface area contributed by atoms with E-state index < -0.39 is 5.12 Å². The molecule has 4 heteroatoms. The zero-order valence-corrected chi connectivity index (χ0v) is 8.18. The Balaban J connectivity index is 3.00. The van der Waals surface area contributed by atoms with E-state index in [1.807, 2.05) is 20.8 Å². The van der Waals surface area contributed by atoms with Crippen LogP contribution in [0.3, 0.4) is 0 Å². The van der Waals surface area contributed by atoms with Gasteiger partial charge in [0.1, 0.15) is 5.76 Å². The summed E-state index contributed by atoms with van der Waals surface area (Å²) >= 11 is 3.60. The smallest absolute Gasteiger partial charge is 0.274 e. The largest absolute Gasteiger partial charge is 0.438 e. The molecule has 3 nitrogen and oxygen atoms in total. The van der Waals surface area contributed by atoms with Gasteiger partial charge in [0.15, 0.2) is 0 Å². The van der Waals surface area contributed by atoms with Gasteiger partial charge in [0.2, 0.25) is 0 Å². The van der Waals surface area contributed by atoms with Crippen molar-refractivity contribution in [1.82, 2.24) is 4.98 Å². The van der Waals surface area contributed by atoms with Gasteiger partial charge in [0.25, 0.3) is 11.0 Å². The average molecular weight is 185 g/mol. The topological polar surface area (TPSA) is 43.1 Å². The van der Waals surface area contributed by atoms with Crippen LogP contribution in [0.1, 0.15) is 37.2 Å². The highest BCUT2D eigenvalue weighted by Crippen LogP contribution is 2.22. The van der Waals surface area contributed by atoms with Crippen LogP contribution < -0.4 is 0 Å². The molecule has 0 spiro atoms. The zero-order valence-electron chi connectivity index (χ0n) is 7.29. The molecule has 0 aromatic carbocycles. The van der Waals surface area contributed by atoms with E-state index in [1.54, 1.807) is 6.20 Å². The third kappa shape index (κ3) is 1.88. The Hall–Kier alpha value is -0.770. The maximum absolute atomic E-state index is 10.7. The lowest BCUT2D eigenvalue weighted by Gasteiger charge is -2.12. The molecule has 12 heavy (non-hydrogen) atoms. The minimum absolute atomic E-state index is 0.0586. The quantitative estimate of drug-likeness (QED) is 0.681. The number of rotatable bonds is 1. The summed E-state index contributed by atoms with van der Waals surface area (Å²) in [5.41, 5.74) is -0.117. The van der Waals surface area contributed by atoms with Gasteiger partial charge < -0.3 is 4.42 Å². The van der Waals surface area contributed by atoms with Crippen LogP contribution in [0.5, 0.6) is 0 Å². The third-order valence-electron chi connectivity index (χ3n) is 1.43. The Kier molecular flexibility index (Phi) is 2.28. The predicted octanol–water partition coefficient (Wildman–Crippen LogP) is 2.04. The van der Waals surface area contributed by atoms with E-state index >= 15 is 0 Å². The molecule has 0 radical (unpaired) electrons. The van der Waals surface area contributed by atoms with Crippen molar-refractivity contribution in [2.75, 3.05) is 0 Å². The van der Waals surface area contributed by atoms with Gasteiger partial charge >= 0.3 is 0 Å². The van der Waals surface area contributed by atoms with Crippen molar-refractivity contribution in [2.45, 2.75) is 26.2 Å². The van der Waals surface area contributed by atoms with Crippen LogP contribution in [-0.4, -0.2) is 10.1 Å². The second kappa shape index (κ2) is 2.94. The van der Waals surface area contributed by atoms with Gasteiger partial charge in [-0.1, -0.05) is 33.4 Å². The number of thiol groups is 1. The minimum atomic E-state index is -0.439. The van der Waals surface area contributed by atoms with E-state index in [-0.39, 0.29) is 11.3 Å². The molecule has 1 heterocycles. The van der Waals surface area contributed by atoms with E-state index in [0.717, 1.165) is 0 Å². The highest BCUT2D eigenvalue weighted by molar-refractivity contribution is 7.97. The van der Waals surface area contributed by atoms with Gasteiger partial charge in [-0.25, -0.2) is 4.98 Å². The van der Waals surface area contributed by atoms with E-state index in [9.17, 15) is 4.79 Å². The van der Waals surface area contributed by atoms with Crippen molar-refractivity contribution in [1.29, 1.82) is 0 Å². The maximum atomic E-state index is 10.7. The van der Waals surface area contributed by atoms with Gasteiger partial charge in [-0.2, -0.15) is 0 Å². The van der Waals surface area contributed by atoms with Crippen LogP contribution in [0.4, 0.5) is 0 Å². The summed E-state index contributed by atoms with van der Waals surface area (Å²) in [6.45, 7) is 5.96. The van der Waals surface area contributed by atoms with Crippen molar-refractivity contribution in [3.8, 4) is 0 Å². The van der Waals surface area contributed by atoms with Crippen molar-refractivity contribution >= 4 is 17.7 Å². The van der Waals surface area contributed by atoms with Gasteiger partial charge in [0.05, 0.1) is 6.20 Å². The number of carbonyl (C=O) groups is 1. The number of hydrogen-bond acceptors (Lipinski definition) is 3. The van der Waals surface area contributed by atoms with E-state index in [1.165, 1.54) is 0 Å². The molecular formula is C8H11NO2S. The standard InChI is InChI=1S/C8H11NO2S/c1-8(2,3)5-4-9-6(11-5)7(10)12/h4H,1-3H3,(H,10,12). The monoisotopic (exact) mass is 185 g/mol. The zero-order chi connectivity index (χ0) is 9.35. The number of aromatic nitrogens is 1. The molecule has 0 unspecified atom stereocenters. The molecule has 1 rings (SSSR count). The van der Waals surface area contributed by atoms with Crippen molar-refractivity contribution < 1.29 is 9.21 Å². The Bertz CT molecular complexity index is 298. The van der Waals surface area contributed by atoms with Crippen molar-refractivity contribution in [3.05, 3.63) is 17.8 Å². The normalized spacial score (nSPS) is 11.7. The van der Waals surface area contributed by atoms with E-state index in [0.29, 0.717) is 5.76 Å². The summed E-state index contributed by atoms with van der Waals surface area (Å²) in [6.07, 6.45) is 1.56. The summed E-state index contributed by atoms with van der Waals surface area (Å²) in [4.78, 5) is 14.5. The minimum Gasteiger partial charge on any atom is -0.438 e. The van der Waals surface area contributed by atoms with Gasteiger partial charge in [-0.05, 0) is 0 Å². The van der Waals surface area contributed by atoms with Crippen LogP contribution in [-0.2, 0) is 5.41 Å². The third-order valence-corrected chi connectivity index (χ3v) is 1.62. The fourth-order valence-electron chi connectivity index (χ4n) is 0.720. The summed E-state index contributed by atoms with van der Waals surface area (Å²) in [5, 5.41) is -0.439. The van der Waals surface area contributed by atoms with E-state index in [2.05, 4.69) is 17.6 Å². The second-order valence-electron chi connectivity index (χ2n) is 3.58. The Morgan fingerprint density at radius 1 is 1.58 bits per heavy atom. The Labute approximate surface area is 76.6 Å². The molecule has 0 atom stereocenters. The molecule has 0 aliphatic heterocycles. The Morgan fingerprint density at radius 2 is 2.17 bits per heavy atom. The van der Waals surface area contributed by atoms with Crippen molar-refractivity contribution in [2.24, 2.45) is 0 Å². The predicted molar refractivity (Wildman–Crippen MR) is 48.5 cm³/mol. The van der Waals surface area contributed by atoms with E-state index in [4.69, 9.17) is 4.42 Å². The van der Waals surface area contributed by atoms with Crippen molar-refractivity contribution in [3.63, 3.8) is 0 Å². The number of oxazole rings is 1. The number of hydrogen-bond donors (Lipinski definition) is 1. The molecule has 0 saturated carbocycles. The molecule has 0 aliphatic carbocycles. The first-order valence-electron chi connectivity index (χ1n) is 3.61. The van der Waals surface area contributed by atoms with Crippen LogP contribution >= 0.6 is 12.6 Å². The lowest BCUT2D eigenvalue weighted by molar-refractivity contribution is 0.105. The molecule has 1 aromatic rings. The summed E-state index contributed by atoms with van der Waals surface area (Å²) in [7, 11) is 0. The average Bonchev–Trinajstić information content (AvgIpc) is 2.30. The van der Waals surface area contributed by atoms with Gasteiger partial charge in [-0.3, -0.25) is 4.79 Å². The molecule has 66 valence electrons. The van der Waals surface area contributed by atoms with Crippen LogP contribution in [0.2, 0.25) is 0 Å². The van der Waals surface area contributed by atoms with Crippen LogP contribution in [0, 0.1) is 0 Å². The molecule has 0 amide bonds. The fraction of sp³-hybridized carbons (Fsp3) is 0.500. The first-order valence-corrected chi connectivity index (χ1v) is 4.05. The first kappa shape index (κ1) is 9.32. The maximum Gasteiger partial charge on any atom is 0.274 e. The first-order chi connectivity index (χ1) is 5.41. The molecule has 1 aromatic heterocycles. The SMILES string of the molecule is CC(C)(C)c1cnc(C(=O)S)o1. The highest BCUT2D eigenvalue weighted by atomic mass is 32.1. The van der Waals surface area contributed by atoms with Gasteiger partial charge in [0, 0.05) is 5.41 Å². The lowest BCUT2D eigenvalue weighted by Crippen LogP contribution is -2.09. The molecule has 0 aliphatic rings. The lowest BCUT2D eigenvalue weighted by atomic mass is 9.94. The fourth-order valence-corrected chi connectivity index (χ4v) is 0.823. The molecular weight excluding hydrogens is 174 g/mol. The second-order valence-corrected chi connectivity index (χ2v) is 3.99. The molecule has 0 fully saturated rings. The van der Waals surface area contributed by atoms with Crippen LogP contribution in [0.15, 0.2) is 10.6 Å². The van der Waals surface area contributed by atoms with Crippen LogP contribution in [0.25, 0.3) is 0 Å². The molecule has 0 saturated heterocycles. The summed E-state index contributed by atoms with van der Waals surface area (Å²) in [5.74, 6) is 0.753. The number of nitrogens with zero attached hydrogens (tertiary/aromatic N) is 1. The molecule has 0 N–H and O–H groups in total. The summed E-state index contributed by atoms with van der Waals surface area (Å²) in [6, 6.07) is 0. The summed E-state index contributed by atoms with van der Waals surface area (Å²) < 4.78 is 5.17. The Morgan fingerprint density at radius 3 is 2.42 bits per heavy atom.